The zero-order valence-electron chi connectivity index (χ0n) is 11.8. The van der Waals surface area contributed by atoms with Crippen molar-refractivity contribution in [2.45, 2.75) is 19.5 Å². The number of amides is 1. The minimum atomic E-state index is -0.0421. The molecule has 0 aliphatic heterocycles. The van der Waals surface area contributed by atoms with Gasteiger partial charge in [0.1, 0.15) is 0 Å². The van der Waals surface area contributed by atoms with Crippen LogP contribution in [0, 0.1) is 0 Å². The van der Waals surface area contributed by atoms with Crippen molar-refractivity contribution in [1.82, 2.24) is 15.6 Å². The number of rotatable bonds is 6. The molecule has 0 unspecified atom stereocenters. The van der Waals surface area contributed by atoms with E-state index in [1.54, 1.807) is 6.20 Å². The first-order valence-corrected chi connectivity index (χ1v) is 7.60. The molecule has 4 nitrogen and oxygen atoms in total. The third-order valence-electron chi connectivity index (χ3n) is 3.13. The molecule has 0 bridgehead atoms. The second kappa shape index (κ2) is 7.90. The molecule has 0 spiro atoms. The van der Waals surface area contributed by atoms with Gasteiger partial charge in [-0.05, 0) is 30.7 Å². The molecule has 2 N–H and O–H groups in total. The average Bonchev–Trinajstić information content (AvgIpc) is 2.52. The van der Waals surface area contributed by atoms with E-state index in [0.717, 1.165) is 15.7 Å². The van der Waals surface area contributed by atoms with E-state index in [4.69, 9.17) is 0 Å². The maximum Gasteiger partial charge on any atom is 0.234 e. The van der Waals surface area contributed by atoms with E-state index in [2.05, 4.69) is 31.5 Å². The average molecular weight is 348 g/mol. The van der Waals surface area contributed by atoms with Gasteiger partial charge in [0.25, 0.3) is 0 Å². The van der Waals surface area contributed by atoms with Crippen LogP contribution in [0.25, 0.3) is 0 Å². The van der Waals surface area contributed by atoms with Crippen LogP contribution < -0.4 is 10.6 Å². The molecule has 1 heterocycles. The van der Waals surface area contributed by atoms with Gasteiger partial charge in [0.15, 0.2) is 0 Å². The van der Waals surface area contributed by atoms with Gasteiger partial charge >= 0.3 is 0 Å². The van der Waals surface area contributed by atoms with Crippen LogP contribution in [0.15, 0.2) is 53.1 Å². The van der Waals surface area contributed by atoms with Gasteiger partial charge in [0, 0.05) is 16.7 Å². The Balaban J connectivity index is 1.77. The van der Waals surface area contributed by atoms with Crippen LogP contribution in [0.5, 0.6) is 0 Å². The molecule has 1 aromatic carbocycles. The monoisotopic (exact) mass is 347 g/mol. The smallest absolute Gasteiger partial charge is 0.234 e. The third kappa shape index (κ3) is 4.95. The number of hydrogen-bond acceptors (Lipinski definition) is 3. The lowest BCUT2D eigenvalue weighted by Gasteiger charge is -2.15. The molecule has 110 valence electrons. The number of benzene rings is 1. The molecule has 0 aliphatic carbocycles. The molecule has 0 saturated heterocycles. The summed E-state index contributed by atoms with van der Waals surface area (Å²) in [4.78, 5) is 16.0. The Morgan fingerprint density at radius 2 is 2.00 bits per heavy atom. The SMILES string of the molecule is C[C@H](NCC(=O)NCc1ccccn1)c1ccccc1Br. The van der Waals surface area contributed by atoms with Crippen LogP contribution in [0.1, 0.15) is 24.2 Å². The number of carbonyl (C=O) groups is 1. The Morgan fingerprint density at radius 1 is 1.24 bits per heavy atom. The lowest BCUT2D eigenvalue weighted by atomic mass is 10.1. The summed E-state index contributed by atoms with van der Waals surface area (Å²) < 4.78 is 1.04. The molecule has 0 fully saturated rings. The number of carbonyl (C=O) groups excluding carboxylic acids is 1. The highest BCUT2D eigenvalue weighted by Gasteiger charge is 2.10. The number of nitrogens with one attached hydrogen (secondary N) is 2. The van der Waals surface area contributed by atoms with Gasteiger partial charge in [-0.3, -0.25) is 9.78 Å². The molecule has 5 heteroatoms. The Labute approximate surface area is 133 Å². The number of aromatic nitrogens is 1. The first-order valence-electron chi connectivity index (χ1n) is 6.81. The molecule has 1 amide bonds. The van der Waals surface area contributed by atoms with Crippen LogP contribution >= 0.6 is 15.9 Å². The highest BCUT2D eigenvalue weighted by molar-refractivity contribution is 9.10. The minimum Gasteiger partial charge on any atom is -0.349 e. The number of nitrogens with zero attached hydrogens (tertiary/aromatic N) is 1. The summed E-state index contributed by atoms with van der Waals surface area (Å²) in [5, 5.41) is 6.06. The predicted octanol–water partition coefficient (Wildman–Crippen LogP) is 2.81. The molecule has 0 radical (unpaired) electrons. The first kappa shape index (κ1) is 15.7. The molecule has 1 aromatic heterocycles. The van der Waals surface area contributed by atoms with Crippen molar-refractivity contribution in [2.24, 2.45) is 0 Å². The Morgan fingerprint density at radius 3 is 2.71 bits per heavy atom. The zero-order chi connectivity index (χ0) is 15.1. The van der Waals surface area contributed by atoms with Crippen molar-refractivity contribution < 1.29 is 4.79 Å². The highest BCUT2D eigenvalue weighted by atomic mass is 79.9. The van der Waals surface area contributed by atoms with Gasteiger partial charge < -0.3 is 10.6 Å². The van der Waals surface area contributed by atoms with E-state index in [9.17, 15) is 4.79 Å². The van der Waals surface area contributed by atoms with Gasteiger partial charge in [0.05, 0.1) is 18.8 Å². The Hall–Kier alpha value is -1.72. The summed E-state index contributed by atoms with van der Waals surface area (Å²) in [7, 11) is 0. The fourth-order valence-corrected chi connectivity index (χ4v) is 2.56. The summed E-state index contributed by atoms with van der Waals surface area (Å²) in [6, 6.07) is 13.7. The van der Waals surface area contributed by atoms with Gasteiger partial charge in [-0.2, -0.15) is 0 Å². The fourth-order valence-electron chi connectivity index (χ4n) is 1.94. The second-order valence-electron chi connectivity index (χ2n) is 4.72. The number of halogens is 1. The lowest BCUT2D eigenvalue weighted by Crippen LogP contribution is -2.34. The van der Waals surface area contributed by atoms with Gasteiger partial charge in [0.2, 0.25) is 5.91 Å². The molecule has 2 aromatic rings. The van der Waals surface area contributed by atoms with Crippen molar-refractivity contribution in [1.29, 1.82) is 0 Å². The minimum absolute atomic E-state index is 0.0421. The molecule has 0 aliphatic rings. The summed E-state index contributed by atoms with van der Waals surface area (Å²) >= 11 is 3.52. The van der Waals surface area contributed by atoms with E-state index >= 15 is 0 Å². The summed E-state index contributed by atoms with van der Waals surface area (Å²) in [6.45, 7) is 2.76. The van der Waals surface area contributed by atoms with Gasteiger partial charge in [-0.15, -0.1) is 0 Å². The summed E-state index contributed by atoms with van der Waals surface area (Å²) in [6.07, 6.45) is 1.72. The maximum absolute atomic E-state index is 11.8. The van der Waals surface area contributed by atoms with E-state index in [-0.39, 0.29) is 18.5 Å². The van der Waals surface area contributed by atoms with Crippen molar-refractivity contribution in [3.05, 3.63) is 64.4 Å². The van der Waals surface area contributed by atoms with Crippen LogP contribution in [-0.2, 0) is 11.3 Å². The molecule has 1 atom stereocenters. The predicted molar refractivity (Wildman–Crippen MR) is 86.6 cm³/mol. The van der Waals surface area contributed by atoms with Crippen molar-refractivity contribution >= 4 is 21.8 Å². The normalized spacial score (nSPS) is 11.9. The molecular weight excluding hydrogens is 330 g/mol. The second-order valence-corrected chi connectivity index (χ2v) is 5.58. The van der Waals surface area contributed by atoms with Crippen LogP contribution in [0.2, 0.25) is 0 Å². The Kier molecular flexibility index (Phi) is 5.90. The van der Waals surface area contributed by atoms with Gasteiger partial charge in [-0.25, -0.2) is 0 Å². The van der Waals surface area contributed by atoms with E-state index < -0.39 is 0 Å². The van der Waals surface area contributed by atoms with E-state index in [1.807, 2.05) is 49.4 Å². The lowest BCUT2D eigenvalue weighted by molar-refractivity contribution is -0.120. The van der Waals surface area contributed by atoms with E-state index in [1.165, 1.54) is 0 Å². The topological polar surface area (TPSA) is 54.0 Å². The van der Waals surface area contributed by atoms with Crippen LogP contribution in [0.3, 0.4) is 0 Å². The molecule has 2 rings (SSSR count). The largest absolute Gasteiger partial charge is 0.349 e. The van der Waals surface area contributed by atoms with Crippen molar-refractivity contribution in [3.63, 3.8) is 0 Å². The quantitative estimate of drug-likeness (QED) is 0.844. The maximum atomic E-state index is 11.8. The molecular formula is C16H18BrN3O. The molecule has 21 heavy (non-hydrogen) atoms. The first-order chi connectivity index (χ1) is 10.2. The van der Waals surface area contributed by atoms with Gasteiger partial charge in [-0.1, -0.05) is 40.2 Å². The van der Waals surface area contributed by atoms with Crippen molar-refractivity contribution in [3.8, 4) is 0 Å². The summed E-state index contributed by atoms with van der Waals surface area (Å²) in [5.41, 5.74) is 1.99. The number of hydrogen-bond donors (Lipinski definition) is 2. The molecule has 0 saturated carbocycles. The van der Waals surface area contributed by atoms with E-state index in [0.29, 0.717) is 6.54 Å². The van der Waals surface area contributed by atoms with Crippen molar-refractivity contribution in [2.75, 3.05) is 6.54 Å². The van der Waals surface area contributed by atoms with Crippen LogP contribution in [0.4, 0.5) is 0 Å². The fraction of sp³-hybridized carbons (Fsp3) is 0.250. The standard InChI is InChI=1S/C16H18BrN3O/c1-12(14-7-2-3-8-15(14)17)19-11-16(21)20-10-13-6-4-5-9-18-13/h2-9,12,19H,10-11H2,1H3,(H,20,21)/t12-/m0/s1. The highest BCUT2D eigenvalue weighted by Crippen LogP contribution is 2.22. The zero-order valence-corrected chi connectivity index (χ0v) is 13.4. The summed E-state index contributed by atoms with van der Waals surface area (Å²) in [5.74, 6) is -0.0421. The van der Waals surface area contributed by atoms with Crippen LogP contribution in [-0.4, -0.2) is 17.4 Å². The third-order valence-corrected chi connectivity index (χ3v) is 3.86. The number of pyridine rings is 1. The Bertz CT molecular complexity index is 589.